The van der Waals surface area contributed by atoms with Crippen LogP contribution in [0, 0.1) is 0 Å². The van der Waals surface area contributed by atoms with Gasteiger partial charge in [0.15, 0.2) is 0 Å². The summed E-state index contributed by atoms with van der Waals surface area (Å²) in [5.41, 5.74) is -0.0663. The summed E-state index contributed by atoms with van der Waals surface area (Å²) in [6.45, 7) is 9.24. The van der Waals surface area contributed by atoms with Crippen molar-refractivity contribution in [3.63, 3.8) is 0 Å². The van der Waals surface area contributed by atoms with Crippen LogP contribution in [0.4, 0.5) is 10.5 Å². The van der Waals surface area contributed by atoms with E-state index in [9.17, 15) is 18.0 Å². The fraction of sp³-hybridized carbons (Fsp3) is 0.556. The van der Waals surface area contributed by atoms with Crippen LogP contribution in [-0.4, -0.2) is 60.9 Å². The van der Waals surface area contributed by atoms with Gasteiger partial charge in [0.25, 0.3) is 0 Å². The van der Waals surface area contributed by atoms with Gasteiger partial charge in [0.05, 0.1) is 4.90 Å². The van der Waals surface area contributed by atoms with Crippen LogP contribution in [0.15, 0.2) is 29.2 Å². The molecule has 0 radical (unpaired) electrons. The molecular weight excluding hydrogens is 370 g/mol. The maximum absolute atomic E-state index is 12.9. The lowest BCUT2D eigenvalue weighted by Crippen LogP contribution is -2.55. The zero-order chi connectivity index (χ0) is 20.4. The first-order chi connectivity index (χ1) is 12.4. The average molecular weight is 397 g/mol. The van der Waals surface area contributed by atoms with E-state index in [0.717, 1.165) is 0 Å². The molecule has 0 saturated carbocycles. The summed E-state index contributed by atoms with van der Waals surface area (Å²) in [7, 11) is -3.70. The molecule has 1 aliphatic heterocycles. The molecule has 1 unspecified atom stereocenters. The van der Waals surface area contributed by atoms with Gasteiger partial charge in [-0.05, 0) is 52.0 Å². The average Bonchev–Trinajstić information content (AvgIpc) is 2.52. The van der Waals surface area contributed by atoms with Crippen molar-refractivity contribution in [1.82, 2.24) is 9.21 Å². The van der Waals surface area contributed by atoms with Gasteiger partial charge in [-0.15, -0.1) is 0 Å². The van der Waals surface area contributed by atoms with Crippen molar-refractivity contribution >= 4 is 27.7 Å². The minimum Gasteiger partial charge on any atom is -0.444 e. The molecule has 0 spiro atoms. The van der Waals surface area contributed by atoms with Crippen LogP contribution in [0.5, 0.6) is 0 Å². The van der Waals surface area contributed by atoms with Crippen LogP contribution in [0.25, 0.3) is 0 Å². The quantitative estimate of drug-likeness (QED) is 0.844. The topological polar surface area (TPSA) is 96.0 Å². The van der Waals surface area contributed by atoms with Gasteiger partial charge in [-0.1, -0.05) is 0 Å². The van der Waals surface area contributed by atoms with Crippen molar-refractivity contribution in [3.8, 4) is 0 Å². The van der Waals surface area contributed by atoms with E-state index in [1.807, 2.05) is 0 Å². The minimum atomic E-state index is -3.70. The van der Waals surface area contributed by atoms with E-state index >= 15 is 0 Å². The summed E-state index contributed by atoms with van der Waals surface area (Å²) in [6.07, 6.45) is -0.439. The molecule has 2 amide bonds. The van der Waals surface area contributed by atoms with Crippen molar-refractivity contribution in [3.05, 3.63) is 24.3 Å². The summed E-state index contributed by atoms with van der Waals surface area (Å²) in [5, 5.41) is 2.60. The molecular formula is C18H27N3O5S. The van der Waals surface area contributed by atoms with E-state index in [2.05, 4.69) is 5.32 Å². The van der Waals surface area contributed by atoms with Crippen LogP contribution >= 0.6 is 0 Å². The Balaban J connectivity index is 2.10. The number of sulfonamides is 1. The summed E-state index contributed by atoms with van der Waals surface area (Å²) >= 11 is 0. The smallest absolute Gasteiger partial charge is 0.410 e. The first-order valence-electron chi connectivity index (χ1n) is 8.77. The molecule has 2 rings (SSSR count). The number of anilines is 1. The second-order valence-electron chi connectivity index (χ2n) is 7.60. The van der Waals surface area contributed by atoms with E-state index in [0.29, 0.717) is 5.69 Å². The number of nitrogens with zero attached hydrogens (tertiary/aromatic N) is 2. The molecule has 0 aliphatic carbocycles. The van der Waals surface area contributed by atoms with Crippen molar-refractivity contribution in [2.24, 2.45) is 0 Å². The lowest BCUT2D eigenvalue weighted by molar-refractivity contribution is -0.114. The summed E-state index contributed by atoms with van der Waals surface area (Å²) in [6, 6.07) is 5.65. The molecule has 9 heteroatoms. The maximum Gasteiger partial charge on any atom is 0.410 e. The number of benzene rings is 1. The Bertz CT molecular complexity index is 799. The van der Waals surface area contributed by atoms with Gasteiger partial charge in [0, 0.05) is 38.3 Å². The van der Waals surface area contributed by atoms with Crippen molar-refractivity contribution in [2.75, 3.05) is 25.0 Å². The van der Waals surface area contributed by atoms with Crippen LogP contribution in [0.1, 0.15) is 34.6 Å². The van der Waals surface area contributed by atoms with E-state index in [1.165, 1.54) is 28.3 Å². The SMILES string of the molecule is CC(=O)Nc1ccc(S(=O)(=O)N2CCN(C(=O)OC(C)(C)C)CC2C)cc1. The van der Waals surface area contributed by atoms with Crippen molar-refractivity contribution < 1.29 is 22.7 Å². The highest BCUT2D eigenvalue weighted by Crippen LogP contribution is 2.23. The summed E-state index contributed by atoms with van der Waals surface area (Å²) in [4.78, 5) is 25.0. The zero-order valence-corrected chi connectivity index (χ0v) is 17.2. The highest BCUT2D eigenvalue weighted by molar-refractivity contribution is 7.89. The number of carbonyl (C=O) groups excluding carboxylic acids is 2. The van der Waals surface area contributed by atoms with E-state index in [-0.39, 0.29) is 36.5 Å². The molecule has 1 aromatic rings. The van der Waals surface area contributed by atoms with E-state index in [1.54, 1.807) is 39.8 Å². The third-order valence-corrected chi connectivity index (χ3v) is 6.03. The predicted octanol–water partition coefficient (Wildman–Crippen LogP) is 2.27. The van der Waals surface area contributed by atoms with Gasteiger partial charge in [0.1, 0.15) is 5.60 Å². The first-order valence-corrected chi connectivity index (χ1v) is 10.2. The van der Waals surface area contributed by atoms with Gasteiger partial charge in [0.2, 0.25) is 15.9 Å². The molecule has 1 N–H and O–H groups in total. The van der Waals surface area contributed by atoms with Crippen molar-refractivity contribution in [2.45, 2.75) is 51.2 Å². The predicted molar refractivity (Wildman–Crippen MR) is 102 cm³/mol. The number of hydrogen-bond donors (Lipinski definition) is 1. The van der Waals surface area contributed by atoms with Gasteiger partial charge in [-0.25, -0.2) is 13.2 Å². The fourth-order valence-corrected chi connectivity index (χ4v) is 4.45. The Morgan fingerprint density at radius 2 is 1.74 bits per heavy atom. The van der Waals surface area contributed by atoms with Gasteiger partial charge in [-0.2, -0.15) is 4.31 Å². The fourth-order valence-electron chi connectivity index (χ4n) is 2.84. The molecule has 0 aromatic heterocycles. The minimum absolute atomic E-state index is 0.147. The number of carbonyl (C=O) groups is 2. The monoisotopic (exact) mass is 397 g/mol. The first kappa shape index (κ1) is 21.2. The third kappa shape index (κ3) is 5.43. The number of hydrogen-bond acceptors (Lipinski definition) is 5. The summed E-state index contributed by atoms with van der Waals surface area (Å²) in [5.74, 6) is -0.225. The van der Waals surface area contributed by atoms with Crippen molar-refractivity contribution in [1.29, 1.82) is 0 Å². The molecule has 150 valence electrons. The molecule has 1 aliphatic rings. The van der Waals surface area contributed by atoms with Gasteiger partial charge >= 0.3 is 6.09 Å². The second kappa shape index (κ2) is 7.85. The third-order valence-electron chi connectivity index (χ3n) is 4.00. The Kier molecular flexibility index (Phi) is 6.16. The number of amides is 2. The molecule has 1 aromatic carbocycles. The Morgan fingerprint density at radius 3 is 2.22 bits per heavy atom. The molecule has 0 bridgehead atoms. The molecule has 8 nitrogen and oxygen atoms in total. The molecule has 27 heavy (non-hydrogen) atoms. The van der Waals surface area contributed by atoms with Crippen LogP contribution in [-0.2, 0) is 19.6 Å². The Hall–Kier alpha value is -2.13. The van der Waals surface area contributed by atoms with E-state index < -0.39 is 21.7 Å². The molecule has 1 heterocycles. The highest BCUT2D eigenvalue weighted by Gasteiger charge is 2.36. The van der Waals surface area contributed by atoms with Crippen LogP contribution in [0.2, 0.25) is 0 Å². The number of ether oxygens (including phenoxy) is 1. The molecule has 1 fully saturated rings. The maximum atomic E-state index is 12.9. The Labute approximate surface area is 160 Å². The lowest BCUT2D eigenvalue weighted by Gasteiger charge is -2.39. The standard InChI is InChI=1S/C18H27N3O5S/c1-13-12-20(17(23)26-18(3,4)5)10-11-21(13)27(24,25)16-8-6-15(7-9-16)19-14(2)22/h6-9,13H,10-12H2,1-5H3,(H,19,22). The Morgan fingerprint density at radius 1 is 1.15 bits per heavy atom. The summed E-state index contributed by atoms with van der Waals surface area (Å²) < 4.78 is 32.6. The van der Waals surface area contributed by atoms with Crippen LogP contribution in [0.3, 0.4) is 0 Å². The number of piperazine rings is 1. The van der Waals surface area contributed by atoms with Gasteiger partial charge < -0.3 is 15.0 Å². The second-order valence-corrected chi connectivity index (χ2v) is 9.49. The lowest BCUT2D eigenvalue weighted by atomic mass is 10.2. The van der Waals surface area contributed by atoms with Crippen LogP contribution < -0.4 is 5.32 Å². The highest BCUT2D eigenvalue weighted by atomic mass is 32.2. The normalized spacial score (nSPS) is 18.9. The largest absolute Gasteiger partial charge is 0.444 e. The molecule has 1 saturated heterocycles. The number of rotatable bonds is 3. The zero-order valence-electron chi connectivity index (χ0n) is 16.4. The van der Waals surface area contributed by atoms with E-state index in [4.69, 9.17) is 4.74 Å². The number of nitrogens with one attached hydrogen (secondary N) is 1. The molecule has 1 atom stereocenters. The van der Waals surface area contributed by atoms with Gasteiger partial charge in [-0.3, -0.25) is 4.79 Å².